The third kappa shape index (κ3) is 5.30. The summed E-state index contributed by atoms with van der Waals surface area (Å²) in [5.41, 5.74) is 1.75. The molecule has 0 atom stereocenters. The van der Waals surface area contributed by atoms with Gasteiger partial charge in [0.25, 0.3) is 0 Å². The van der Waals surface area contributed by atoms with Crippen molar-refractivity contribution in [2.45, 2.75) is 25.7 Å². The van der Waals surface area contributed by atoms with E-state index in [2.05, 4.69) is 6.58 Å². The molecule has 0 aliphatic heterocycles. The van der Waals surface area contributed by atoms with Gasteiger partial charge in [-0.25, -0.2) is 4.79 Å². The van der Waals surface area contributed by atoms with Crippen LogP contribution < -0.4 is 9.47 Å². The molecule has 0 spiro atoms. The maximum Gasteiger partial charge on any atom is 0.339 e. The zero-order valence-corrected chi connectivity index (χ0v) is 18.4. The number of rotatable bonds is 10. The van der Waals surface area contributed by atoms with Crippen molar-refractivity contribution < 1.29 is 24.5 Å². The zero-order chi connectivity index (χ0) is 23.1. The average Bonchev–Trinajstić information content (AvgIpc) is 2.79. The van der Waals surface area contributed by atoms with E-state index in [1.54, 1.807) is 6.08 Å². The van der Waals surface area contributed by atoms with Crippen molar-refractivity contribution >= 4 is 5.97 Å². The highest BCUT2D eigenvalue weighted by atomic mass is 16.5. The molecule has 0 saturated heterocycles. The highest BCUT2D eigenvalue weighted by Gasteiger charge is 2.27. The summed E-state index contributed by atoms with van der Waals surface area (Å²) in [5, 5.41) is 19.8. The van der Waals surface area contributed by atoms with Gasteiger partial charge in [0.05, 0.1) is 0 Å². The fourth-order valence-electron chi connectivity index (χ4n) is 3.50. The molecule has 2 N–H and O–H groups in total. The van der Waals surface area contributed by atoms with Crippen molar-refractivity contribution in [2.75, 3.05) is 13.2 Å². The minimum Gasteiger partial charge on any atom is -0.507 e. The molecule has 3 rings (SSSR count). The molecular formula is C27H28O5. The van der Waals surface area contributed by atoms with Gasteiger partial charge in [0, 0.05) is 5.41 Å². The van der Waals surface area contributed by atoms with Crippen molar-refractivity contribution in [3.8, 4) is 17.2 Å². The van der Waals surface area contributed by atoms with Crippen molar-refractivity contribution in [3.63, 3.8) is 0 Å². The Hall–Kier alpha value is -3.73. The summed E-state index contributed by atoms with van der Waals surface area (Å²) < 4.78 is 11.4. The van der Waals surface area contributed by atoms with E-state index in [1.165, 1.54) is 6.07 Å². The van der Waals surface area contributed by atoms with Gasteiger partial charge < -0.3 is 19.7 Å². The van der Waals surface area contributed by atoms with Crippen LogP contribution >= 0.6 is 0 Å². The zero-order valence-electron chi connectivity index (χ0n) is 18.4. The quantitative estimate of drug-likeness (QED) is 0.322. The molecule has 0 amide bonds. The average molecular weight is 433 g/mol. The Labute approximate surface area is 188 Å². The lowest BCUT2D eigenvalue weighted by molar-refractivity contribution is 0.0693. The molecular weight excluding hydrogens is 404 g/mol. The largest absolute Gasteiger partial charge is 0.507 e. The summed E-state index contributed by atoms with van der Waals surface area (Å²) in [7, 11) is 0. The second-order valence-electron chi connectivity index (χ2n) is 7.99. The van der Waals surface area contributed by atoms with Gasteiger partial charge in [0.2, 0.25) is 0 Å². The number of aromatic hydroxyl groups is 1. The summed E-state index contributed by atoms with van der Waals surface area (Å²) in [6.45, 7) is 8.60. The van der Waals surface area contributed by atoms with E-state index < -0.39 is 11.4 Å². The monoisotopic (exact) mass is 432 g/mol. The Bertz CT molecular complexity index is 1070. The molecule has 0 aliphatic rings. The predicted molar refractivity (Wildman–Crippen MR) is 125 cm³/mol. The van der Waals surface area contributed by atoms with Gasteiger partial charge in [0.15, 0.2) is 0 Å². The molecule has 5 nitrogen and oxygen atoms in total. The first kappa shape index (κ1) is 22.9. The Morgan fingerprint density at radius 3 is 2.09 bits per heavy atom. The van der Waals surface area contributed by atoms with Gasteiger partial charge in [0.1, 0.15) is 36.0 Å². The molecule has 0 radical (unpaired) electrons. The minimum atomic E-state index is -1.16. The van der Waals surface area contributed by atoms with Crippen LogP contribution in [0.5, 0.6) is 17.2 Å². The number of allylic oxidation sites excluding steroid dienone is 1. The molecule has 0 unspecified atom stereocenters. The number of carbonyl (C=O) groups is 1. The molecule has 0 aliphatic carbocycles. The van der Waals surface area contributed by atoms with Crippen LogP contribution in [-0.4, -0.2) is 29.4 Å². The van der Waals surface area contributed by atoms with Crippen molar-refractivity contribution in [1.82, 2.24) is 0 Å². The molecule has 5 heteroatoms. The number of para-hydroxylation sites is 1. The third-order valence-electron chi connectivity index (χ3n) is 5.45. The standard InChI is InChI=1S/C27H28O5/c1-4-8-19-17-21(18-24(25(19)28)26(29)30)27(2,3)20-11-13-23(14-12-20)32-16-15-31-22-9-6-5-7-10-22/h4-7,9-14,17-18,28H,1,8,15-16H2,2-3H3,(H,29,30). The van der Waals surface area contributed by atoms with E-state index in [4.69, 9.17) is 9.47 Å². The summed E-state index contributed by atoms with van der Waals surface area (Å²) in [4.78, 5) is 11.6. The lowest BCUT2D eigenvalue weighted by Crippen LogP contribution is -2.20. The minimum absolute atomic E-state index is 0.106. The molecule has 3 aromatic carbocycles. The van der Waals surface area contributed by atoms with Crippen molar-refractivity contribution in [2.24, 2.45) is 0 Å². The van der Waals surface area contributed by atoms with Crippen LogP contribution in [0.25, 0.3) is 0 Å². The second-order valence-corrected chi connectivity index (χ2v) is 7.99. The van der Waals surface area contributed by atoms with E-state index in [0.29, 0.717) is 25.2 Å². The van der Waals surface area contributed by atoms with Gasteiger partial charge in [-0.05, 0) is 53.4 Å². The number of benzene rings is 3. The van der Waals surface area contributed by atoms with Crippen LogP contribution in [0.1, 0.15) is 40.9 Å². The molecule has 0 aromatic heterocycles. The van der Waals surface area contributed by atoms with E-state index in [9.17, 15) is 15.0 Å². The third-order valence-corrected chi connectivity index (χ3v) is 5.45. The predicted octanol–water partition coefficient (Wildman–Crippen LogP) is 5.60. The molecule has 0 heterocycles. The highest BCUT2D eigenvalue weighted by Crippen LogP contribution is 2.36. The number of phenols is 1. The molecule has 0 saturated carbocycles. The molecule has 0 bridgehead atoms. The number of aromatic carboxylic acids is 1. The summed E-state index contributed by atoms with van der Waals surface area (Å²) >= 11 is 0. The smallest absolute Gasteiger partial charge is 0.339 e. The van der Waals surface area contributed by atoms with E-state index in [0.717, 1.165) is 22.6 Å². The van der Waals surface area contributed by atoms with Crippen molar-refractivity contribution in [3.05, 3.63) is 102 Å². The van der Waals surface area contributed by atoms with Gasteiger partial charge in [-0.2, -0.15) is 0 Å². The lowest BCUT2D eigenvalue weighted by atomic mass is 9.76. The van der Waals surface area contributed by atoms with Crippen LogP contribution in [0, 0.1) is 0 Å². The topological polar surface area (TPSA) is 76.0 Å². The fourth-order valence-corrected chi connectivity index (χ4v) is 3.50. The van der Waals surface area contributed by atoms with Gasteiger partial charge >= 0.3 is 5.97 Å². The van der Waals surface area contributed by atoms with Crippen LogP contribution in [-0.2, 0) is 11.8 Å². The number of ether oxygens (including phenoxy) is 2. The SMILES string of the molecule is C=CCc1cc(C(C)(C)c2ccc(OCCOc3ccccc3)cc2)cc(C(=O)O)c1O. The first-order valence-corrected chi connectivity index (χ1v) is 10.4. The van der Waals surface area contributed by atoms with E-state index >= 15 is 0 Å². The molecule has 0 fully saturated rings. The van der Waals surface area contributed by atoms with E-state index in [1.807, 2.05) is 74.5 Å². The first-order chi connectivity index (χ1) is 15.3. The Kier molecular flexibility index (Phi) is 7.21. The summed E-state index contributed by atoms with van der Waals surface area (Å²) in [5.74, 6) is 0.162. The number of carboxylic acid groups (broad SMARTS) is 1. The molecule has 3 aromatic rings. The first-order valence-electron chi connectivity index (χ1n) is 10.4. The Balaban J connectivity index is 1.73. The maximum atomic E-state index is 11.6. The van der Waals surface area contributed by atoms with Gasteiger partial charge in [-0.3, -0.25) is 0 Å². The molecule has 32 heavy (non-hydrogen) atoms. The van der Waals surface area contributed by atoms with Crippen LogP contribution in [0.4, 0.5) is 0 Å². The lowest BCUT2D eigenvalue weighted by Gasteiger charge is -2.27. The Morgan fingerprint density at radius 1 is 0.938 bits per heavy atom. The van der Waals surface area contributed by atoms with Gasteiger partial charge in [-0.1, -0.05) is 56.3 Å². The van der Waals surface area contributed by atoms with Crippen LogP contribution in [0.2, 0.25) is 0 Å². The summed E-state index contributed by atoms with van der Waals surface area (Å²) in [6, 6.07) is 20.7. The Morgan fingerprint density at radius 2 is 1.53 bits per heavy atom. The summed E-state index contributed by atoms with van der Waals surface area (Å²) in [6.07, 6.45) is 2.03. The number of hydrogen-bond acceptors (Lipinski definition) is 4. The molecule has 166 valence electrons. The fraction of sp³-hybridized carbons (Fsp3) is 0.222. The van der Waals surface area contributed by atoms with Gasteiger partial charge in [-0.15, -0.1) is 6.58 Å². The van der Waals surface area contributed by atoms with Crippen LogP contribution in [0.3, 0.4) is 0 Å². The number of carboxylic acids is 1. The second kappa shape index (κ2) is 10.1. The highest BCUT2D eigenvalue weighted by molar-refractivity contribution is 5.91. The number of hydrogen-bond donors (Lipinski definition) is 2. The van der Waals surface area contributed by atoms with E-state index in [-0.39, 0.29) is 11.3 Å². The van der Waals surface area contributed by atoms with Crippen LogP contribution in [0.15, 0.2) is 79.4 Å². The van der Waals surface area contributed by atoms with Crippen molar-refractivity contribution in [1.29, 1.82) is 0 Å². The normalized spacial score (nSPS) is 11.1. The maximum absolute atomic E-state index is 11.6.